The lowest BCUT2D eigenvalue weighted by Crippen LogP contribution is -2.47. The van der Waals surface area contributed by atoms with Gasteiger partial charge in [-0.2, -0.15) is 4.31 Å². The van der Waals surface area contributed by atoms with Gasteiger partial charge in [0.05, 0.1) is 12.5 Å². The zero-order valence-corrected chi connectivity index (χ0v) is 15.4. The van der Waals surface area contributed by atoms with Crippen LogP contribution in [0.5, 0.6) is 0 Å². The lowest BCUT2D eigenvalue weighted by Gasteiger charge is -2.31. The number of nitrogens with zero attached hydrogens (tertiary/aromatic N) is 1. The van der Waals surface area contributed by atoms with Crippen LogP contribution >= 0.6 is 11.3 Å². The molecule has 2 rings (SSSR count). The van der Waals surface area contributed by atoms with Gasteiger partial charge in [-0.15, -0.1) is 11.3 Å². The zero-order valence-electron chi connectivity index (χ0n) is 13.7. The van der Waals surface area contributed by atoms with Crippen molar-refractivity contribution in [3.63, 3.8) is 0 Å². The molecule has 0 aromatic carbocycles. The first-order valence-electron chi connectivity index (χ1n) is 7.70. The number of hydrogen-bond acceptors (Lipinski definition) is 5. The number of amides is 1. The summed E-state index contributed by atoms with van der Waals surface area (Å²) in [6.07, 6.45) is 1.40. The number of aryl methyl sites for hydroxylation is 1. The van der Waals surface area contributed by atoms with Gasteiger partial charge in [-0.3, -0.25) is 4.79 Å². The third-order valence-electron chi connectivity index (χ3n) is 3.87. The number of hydrogen-bond donors (Lipinski definition) is 1. The van der Waals surface area contributed by atoms with Crippen molar-refractivity contribution in [3.8, 4) is 0 Å². The van der Waals surface area contributed by atoms with Gasteiger partial charge in [0.25, 0.3) is 10.0 Å². The van der Waals surface area contributed by atoms with E-state index in [0.717, 1.165) is 4.88 Å². The molecule has 1 aliphatic rings. The van der Waals surface area contributed by atoms with E-state index in [1.807, 2.05) is 13.8 Å². The molecule has 1 aliphatic heterocycles. The Morgan fingerprint density at radius 3 is 2.87 bits per heavy atom. The fraction of sp³-hybridized carbons (Fsp3) is 0.667. The average Bonchev–Trinajstić information content (AvgIpc) is 2.95. The van der Waals surface area contributed by atoms with Crippen LogP contribution in [0.3, 0.4) is 0 Å². The van der Waals surface area contributed by atoms with Gasteiger partial charge >= 0.3 is 0 Å². The summed E-state index contributed by atoms with van der Waals surface area (Å²) in [5, 5.41) is 2.88. The summed E-state index contributed by atoms with van der Waals surface area (Å²) in [7, 11) is -1.92. The Bertz CT molecular complexity index is 642. The second-order valence-electron chi connectivity index (χ2n) is 5.93. The number of nitrogens with one attached hydrogen (secondary N) is 1. The van der Waals surface area contributed by atoms with Gasteiger partial charge in [0.1, 0.15) is 4.21 Å². The van der Waals surface area contributed by atoms with Gasteiger partial charge in [-0.25, -0.2) is 8.42 Å². The molecule has 0 spiro atoms. The molecular formula is C15H24N2O4S2. The molecule has 1 N–H and O–H groups in total. The van der Waals surface area contributed by atoms with Crippen molar-refractivity contribution in [1.82, 2.24) is 9.62 Å². The highest BCUT2D eigenvalue weighted by molar-refractivity contribution is 7.91. The number of carbonyl (C=O) groups is 1. The molecule has 0 aliphatic carbocycles. The Morgan fingerprint density at radius 1 is 1.52 bits per heavy atom. The van der Waals surface area contributed by atoms with E-state index in [0.29, 0.717) is 30.2 Å². The Balaban J connectivity index is 2.04. The highest BCUT2D eigenvalue weighted by Crippen LogP contribution is 2.28. The summed E-state index contributed by atoms with van der Waals surface area (Å²) in [6, 6.07) is 3.36. The molecule has 8 heteroatoms. The second-order valence-corrected chi connectivity index (χ2v) is 9.38. The molecule has 0 bridgehead atoms. The van der Waals surface area contributed by atoms with Crippen molar-refractivity contribution in [1.29, 1.82) is 0 Å². The van der Waals surface area contributed by atoms with Crippen molar-refractivity contribution in [2.75, 3.05) is 26.8 Å². The van der Waals surface area contributed by atoms with E-state index in [9.17, 15) is 13.2 Å². The Morgan fingerprint density at radius 2 is 2.26 bits per heavy atom. The lowest BCUT2D eigenvalue weighted by molar-refractivity contribution is -0.127. The van der Waals surface area contributed by atoms with Crippen LogP contribution in [0.1, 0.15) is 24.6 Å². The van der Waals surface area contributed by atoms with Gasteiger partial charge in [0.2, 0.25) is 5.91 Å². The van der Waals surface area contributed by atoms with Crippen molar-refractivity contribution < 1.29 is 17.9 Å². The van der Waals surface area contributed by atoms with Crippen LogP contribution in [0.15, 0.2) is 16.3 Å². The van der Waals surface area contributed by atoms with Crippen LogP contribution in [0.4, 0.5) is 0 Å². The lowest BCUT2D eigenvalue weighted by atomic mass is 9.98. The quantitative estimate of drug-likeness (QED) is 0.836. The first-order valence-corrected chi connectivity index (χ1v) is 9.96. The number of carbonyl (C=O) groups excluding carboxylic acids is 1. The van der Waals surface area contributed by atoms with E-state index in [-0.39, 0.29) is 24.4 Å². The maximum Gasteiger partial charge on any atom is 0.252 e. The smallest absolute Gasteiger partial charge is 0.252 e. The minimum atomic E-state index is -3.50. The highest BCUT2D eigenvalue weighted by atomic mass is 32.2. The predicted octanol–water partition coefficient (Wildman–Crippen LogP) is 1.61. The Kier molecular flexibility index (Phi) is 6.19. The maximum absolute atomic E-state index is 12.7. The van der Waals surface area contributed by atoms with Crippen molar-refractivity contribution in [2.24, 2.45) is 5.92 Å². The second kappa shape index (κ2) is 7.74. The molecule has 1 amide bonds. The number of rotatable bonds is 6. The van der Waals surface area contributed by atoms with Gasteiger partial charge in [-0.05, 0) is 38.8 Å². The van der Waals surface area contributed by atoms with Gasteiger partial charge < -0.3 is 10.1 Å². The van der Waals surface area contributed by atoms with Crippen LogP contribution in [-0.2, 0) is 19.6 Å². The van der Waals surface area contributed by atoms with E-state index in [1.165, 1.54) is 15.6 Å². The minimum absolute atomic E-state index is 0.0839. The molecule has 23 heavy (non-hydrogen) atoms. The van der Waals surface area contributed by atoms with E-state index >= 15 is 0 Å². The molecule has 2 atom stereocenters. The van der Waals surface area contributed by atoms with Crippen molar-refractivity contribution in [3.05, 3.63) is 17.0 Å². The molecule has 1 aromatic rings. The van der Waals surface area contributed by atoms with Crippen molar-refractivity contribution in [2.45, 2.75) is 36.9 Å². The summed E-state index contributed by atoms with van der Waals surface area (Å²) in [6.45, 7) is 4.90. The molecule has 1 aromatic heterocycles. The molecule has 1 fully saturated rings. The van der Waals surface area contributed by atoms with Gasteiger partial charge in [-0.1, -0.05) is 0 Å². The summed E-state index contributed by atoms with van der Waals surface area (Å²) >= 11 is 1.27. The zero-order chi connectivity index (χ0) is 17.0. The number of methoxy groups -OCH3 is 1. The summed E-state index contributed by atoms with van der Waals surface area (Å²) in [4.78, 5) is 13.3. The minimum Gasteiger partial charge on any atom is -0.383 e. The van der Waals surface area contributed by atoms with Crippen LogP contribution in [0.2, 0.25) is 0 Å². The standard InChI is InChI=1S/C15H24N2O4S2/c1-11(10-21-3)16-15(18)13-5-4-8-17(9-13)23(19,20)14-7-6-12(2)22-14/h6-7,11,13H,4-5,8-10H2,1-3H3,(H,16,18). The SMILES string of the molecule is COCC(C)NC(=O)C1CCCN(S(=O)(=O)c2ccc(C)s2)C1. The molecule has 2 unspecified atom stereocenters. The highest BCUT2D eigenvalue weighted by Gasteiger charge is 2.34. The topological polar surface area (TPSA) is 75.7 Å². The van der Waals surface area contributed by atoms with Crippen LogP contribution in [0.25, 0.3) is 0 Å². The fourth-order valence-corrected chi connectivity index (χ4v) is 5.67. The monoisotopic (exact) mass is 360 g/mol. The van der Waals surface area contributed by atoms with Gasteiger partial charge in [0, 0.05) is 31.1 Å². The summed E-state index contributed by atoms with van der Waals surface area (Å²) < 4.78 is 32.2. The van der Waals surface area contributed by atoms with Crippen LogP contribution < -0.4 is 5.32 Å². The van der Waals surface area contributed by atoms with Gasteiger partial charge in [0.15, 0.2) is 0 Å². The fourth-order valence-electron chi connectivity index (χ4n) is 2.71. The normalized spacial score (nSPS) is 21.1. The molecule has 1 saturated heterocycles. The Hall–Kier alpha value is -0.960. The predicted molar refractivity (Wildman–Crippen MR) is 90.0 cm³/mol. The third kappa shape index (κ3) is 4.53. The molecule has 130 valence electrons. The van der Waals surface area contributed by atoms with Crippen LogP contribution in [-0.4, -0.2) is 51.5 Å². The molecule has 0 saturated carbocycles. The van der Waals surface area contributed by atoms with Crippen molar-refractivity contribution >= 4 is 27.3 Å². The Labute approximate surface area is 141 Å². The average molecular weight is 361 g/mol. The number of sulfonamides is 1. The maximum atomic E-state index is 12.7. The van der Waals surface area contributed by atoms with E-state index < -0.39 is 10.0 Å². The number of piperidine rings is 1. The van der Waals surface area contributed by atoms with E-state index in [2.05, 4.69) is 5.32 Å². The third-order valence-corrected chi connectivity index (χ3v) is 7.20. The largest absolute Gasteiger partial charge is 0.383 e. The first kappa shape index (κ1) is 18.4. The summed E-state index contributed by atoms with van der Waals surface area (Å²) in [5.74, 6) is -0.407. The first-order chi connectivity index (χ1) is 10.8. The summed E-state index contributed by atoms with van der Waals surface area (Å²) in [5.41, 5.74) is 0. The molecular weight excluding hydrogens is 336 g/mol. The van der Waals surface area contributed by atoms with E-state index in [1.54, 1.807) is 19.2 Å². The molecule has 2 heterocycles. The van der Waals surface area contributed by atoms with E-state index in [4.69, 9.17) is 4.74 Å². The number of ether oxygens (including phenoxy) is 1. The number of thiophene rings is 1. The van der Waals surface area contributed by atoms with Crippen LogP contribution in [0, 0.1) is 12.8 Å². The molecule has 6 nitrogen and oxygen atoms in total. The molecule has 0 radical (unpaired) electrons.